The molecule has 0 saturated carbocycles. The summed E-state index contributed by atoms with van der Waals surface area (Å²) < 4.78 is 2.51. The Morgan fingerprint density at radius 1 is 1.43 bits per heavy atom. The van der Waals surface area contributed by atoms with Crippen LogP contribution in [-0.2, 0) is 0 Å². The van der Waals surface area contributed by atoms with E-state index in [1.807, 2.05) is 25.3 Å². The molecule has 0 aliphatic heterocycles. The molecule has 3 nitrogen and oxygen atoms in total. The summed E-state index contributed by atoms with van der Waals surface area (Å²) in [4.78, 5) is 3.95. The molecule has 5 heteroatoms. The monoisotopic (exact) mass is 271 g/mol. The van der Waals surface area contributed by atoms with E-state index in [2.05, 4.69) is 26.0 Å². The first-order valence-corrected chi connectivity index (χ1v) is 5.18. The SMILES string of the molecule is Cc1ccn(-c2ccnc(Cl)c2Br)n1. The summed E-state index contributed by atoms with van der Waals surface area (Å²) in [5.74, 6) is 0. The van der Waals surface area contributed by atoms with Gasteiger partial charge in [-0.15, -0.1) is 0 Å². The molecule has 0 saturated heterocycles. The Kier molecular flexibility index (Phi) is 2.56. The predicted molar refractivity (Wildman–Crippen MR) is 58.8 cm³/mol. The van der Waals surface area contributed by atoms with Crippen molar-refractivity contribution in [1.29, 1.82) is 0 Å². The van der Waals surface area contributed by atoms with Crippen LogP contribution < -0.4 is 0 Å². The number of hydrogen-bond acceptors (Lipinski definition) is 2. The molecule has 0 spiro atoms. The molecule has 14 heavy (non-hydrogen) atoms. The Balaban J connectivity index is 2.57. The first kappa shape index (κ1) is 9.68. The van der Waals surface area contributed by atoms with Gasteiger partial charge in [0.25, 0.3) is 0 Å². The van der Waals surface area contributed by atoms with Crippen LogP contribution in [0.25, 0.3) is 5.69 Å². The first-order chi connectivity index (χ1) is 6.68. The summed E-state index contributed by atoms with van der Waals surface area (Å²) in [6.07, 6.45) is 3.53. The largest absolute Gasteiger partial charge is 0.243 e. The highest BCUT2D eigenvalue weighted by molar-refractivity contribution is 9.10. The number of rotatable bonds is 1. The molecule has 0 unspecified atom stereocenters. The van der Waals surface area contributed by atoms with E-state index >= 15 is 0 Å². The van der Waals surface area contributed by atoms with Gasteiger partial charge in [-0.25, -0.2) is 9.67 Å². The van der Waals surface area contributed by atoms with Gasteiger partial charge in [0, 0.05) is 12.4 Å². The molecule has 0 bridgehead atoms. The number of aryl methyl sites for hydroxylation is 1. The van der Waals surface area contributed by atoms with E-state index in [0.717, 1.165) is 15.9 Å². The van der Waals surface area contributed by atoms with Crippen LogP contribution in [0.4, 0.5) is 0 Å². The normalized spacial score (nSPS) is 10.5. The molecular weight excluding hydrogens is 265 g/mol. The van der Waals surface area contributed by atoms with E-state index in [4.69, 9.17) is 11.6 Å². The van der Waals surface area contributed by atoms with Crippen LogP contribution in [0, 0.1) is 6.92 Å². The highest BCUT2D eigenvalue weighted by Crippen LogP contribution is 2.26. The van der Waals surface area contributed by atoms with Crippen molar-refractivity contribution in [3.63, 3.8) is 0 Å². The van der Waals surface area contributed by atoms with Gasteiger partial charge in [0.15, 0.2) is 0 Å². The van der Waals surface area contributed by atoms with Gasteiger partial charge in [0.2, 0.25) is 0 Å². The molecule has 2 rings (SSSR count). The molecule has 0 atom stereocenters. The second-order valence-electron chi connectivity index (χ2n) is 2.84. The minimum atomic E-state index is 0.440. The van der Waals surface area contributed by atoms with Gasteiger partial charge in [-0.05, 0) is 35.0 Å². The van der Waals surface area contributed by atoms with Crippen molar-refractivity contribution in [1.82, 2.24) is 14.8 Å². The molecule has 72 valence electrons. The van der Waals surface area contributed by atoms with E-state index in [9.17, 15) is 0 Å². The lowest BCUT2D eigenvalue weighted by Gasteiger charge is -2.04. The topological polar surface area (TPSA) is 30.7 Å². The summed E-state index contributed by atoms with van der Waals surface area (Å²) in [6, 6.07) is 3.78. The van der Waals surface area contributed by atoms with Crippen LogP contribution in [0.1, 0.15) is 5.69 Å². The zero-order valence-electron chi connectivity index (χ0n) is 7.41. The molecule has 2 heterocycles. The highest BCUT2D eigenvalue weighted by Gasteiger charge is 2.07. The van der Waals surface area contributed by atoms with E-state index < -0.39 is 0 Å². The highest BCUT2D eigenvalue weighted by atomic mass is 79.9. The summed E-state index contributed by atoms with van der Waals surface area (Å²) >= 11 is 9.24. The van der Waals surface area contributed by atoms with Gasteiger partial charge in [0.1, 0.15) is 5.15 Å². The second kappa shape index (κ2) is 3.71. The van der Waals surface area contributed by atoms with Crippen LogP contribution in [0.3, 0.4) is 0 Å². The van der Waals surface area contributed by atoms with Crippen LogP contribution in [0.2, 0.25) is 5.15 Å². The van der Waals surface area contributed by atoms with Gasteiger partial charge in [-0.3, -0.25) is 0 Å². The van der Waals surface area contributed by atoms with Crippen molar-refractivity contribution < 1.29 is 0 Å². The maximum absolute atomic E-state index is 5.87. The standard InChI is InChI=1S/C9H7BrClN3/c1-6-3-5-14(13-6)7-2-4-12-9(11)8(7)10/h2-5H,1H3. The van der Waals surface area contributed by atoms with Gasteiger partial charge in [0.05, 0.1) is 15.9 Å². The van der Waals surface area contributed by atoms with E-state index in [1.165, 1.54) is 0 Å². The lowest BCUT2D eigenvalue weighted by Crippen LogP contribution is -1.97. The third kappa shape index (κ3) is 1.67. The molecule has 0 radical (unpaired) electrons. The van der Waals surface area contributed by atoms with E-state index in [0.29, 0.717) is 5.15 Å². The fourth-order valence-electron chi connectivity index (χ4n) is 1.14. The first-order valence-electron chi connectivity index (χ1n) is 4.01. The van der Waals surface area contributed by atoms with E-state index in [1.54, 1.807) is 10.9 Å². The summed E-state index contributed by atoms with van der Waals surface area (Å²) in [6.45, 7) is 1.94. The number of nitrogens with zero attached hydrogens (tertiary/aromatic N) is 3. The maximum atomic E-state index is 5.87. The number of halogens is 2. The van der Waals surface area contributed by atoms with Gasteiger partial charge in [-0.1, -0.05) is 11.6 Å². The third-order valence-corrected chi connectivity index (χ3v) is 3.09. The van der Waals surface area contributed by atoms with Crippen molar-refractivity contribution in [3.8, 4) is 5.69 Å². The minimum absolute atomic E-state index is 0.440. The predicted octanol–water partition coefficient (Wildman–Crippen LogP) is 2.99. The van der Waals surface area contributed by atoms with Crippen molar-refractivity contribution in [2.24, 2.45) is 0 Å². The van der Waals surface area contributed by atoms with Crippen LogP contribution in [0.15, 0.2) is 29.0 Å². The zero-order chi connectivity index (χ0) is 10.1. The Morgan fingerprint density at radius 3 is 2.86 bits per heavy atom. The summed E-state index contributed by atoms with van der Waals surface area (Å²) in [7, 11) is 0. The van der Waals surface area contributed by atoms with Crippen LogP contribution in [-0.4, -0.2) is 14.8 Å². The molecule has 0 aromatic carbocycles. The fraction of sp³-hybridized carbons (Fsp3) is 0.111. The Bertz CT molecular complexity index is 467. The lowest BCUT2D eigenvalue weighted by molar-refractivity contribution is 0.856. The minimum Gasteiger partial charge on any atom is -0.243 e. The van der Waals surface area contributed by atoms with Crippen molar-refractivity contribution in [2.75, 3.05) is 0 Å². The Hall–Kier alpha value is -0.870. The van der Waals surface area contributed by atoms with Crippen LogP contribution in [0.5, 0.6) is 0 Å². The molecule has 0 aliphatic rings. The van der Waals surface area contributed by atoms with Gasteiger partial charge >= 0.3 is 0 Å². The van der Waals surface area contributed by atoms with Gasteiger partial charge in [-0.2, -0.15) is 5.10 Å². The van der Waals surface area contributed by atoms with Gasteiger partial charge < -0.3 is 0 Å². The number of aromatic nitrogens is 3. The maximum Gasteiger partial charge on any atom is 0.145 e. The number of hydrogen-bond donors (Lipinski definition) is 0. The molecule has 2 aromatic rings. The average molecular weight is 273 g/mol. The van der Waals surface area contributed by atoms with Crippen molar-refractivity contribution >= 4 is 27.5 Å². The zero-order valence-corrected chi connectivity index (χ0v) is 9.75. The fourth-order valence-corrected chi connectivity index (χ4v) is 1.70. The quantitative estimate of drug-likeness (QED) is 0.747. The number of pyridine rings is 1. The third-order valence-electron chi connectivity index (χ3n) is 1.80. The Morgan fingerprint density at radius 2 is 2.21 bits per heavy atom. The molecule has 0 amide bonds. The molecule has 2 aromatic heterocycles. The Labute approximate surface area is 94.9 Å². The van der Waals surface area contributed by atoms with Crippen molar-refractivity contribution in [2.45, 2.75) is 6.92 Å². The second-order valence-corrected chi connectivity index (χ2v) is 3.99. The summed E-state index contributed by atoms with van der Waals surface area (Å²) in [5.41, 5.74) is 1.85. The molecular formula is C9H7BrClN3. The van der Waals surface area contributed by atoms with E-state index in [-0.39, 0.29) is 0 Å². The average Bonchev–Trinajstić information content (AvgIpc) is 2.57. The molecule has 0 fully saturated rings. The van der Waals surface area contributed by atoms with Crippen LogP contribution >= 0.6 is 27.5 Å². The lowest BCUT2D eigenvalue weighted by atomic mass is 10.4. The molecule has 0 aliphatic carbocycles. The van der Waals surface area contributed by atoms with Crippen molar-refractivity contribution in [3.05, 3.63) is 39.8 Å². The molecule has 0 N–H and O–H groups in total. The smallest absolute Gasteiger partial charge is 0.145 e. The summed E-state index contributed by atoms with van der Waals surface area (Å²) in [5, 5.41) is 4.72.